The van der Waals surface area contributed by atoms with Gasteiger partial charge in [0.2, 0.25) is 10.0 Å². The molecule has 0 aliphatic rings. The highest BCUT2D eigenvalue weighted by Crippen LogP contribution is 2.18. The Hall–Kier alpha value is -1.92. The molecule has 0 bridgehead atoms. The monoisotopic (exact) mass is 278 g/mol. The van der Waals surface area contributed by atoms with Crippen LogP contribution < -0.4 is 0 Å². The molecule has 2 aromatic rings. The summed E-state index contributed by atoms with van der Waals surface area (Å²) in [6, 6.07) is 9.92. The largest absolute Gasteiger partial charge is 0.463 e. The molecule has 0 fully saturated rings. The SMILES string of the molecule is CN(C)S(=O)(=O)c1ccc(N=Cc2ccco2)cc1. The molecule has 2 rings (SSSR count). The summed E-state index contributed by atoms with van der Waals surface area (Å²) in [6.45, 7) is 0. The molecule has 0 atom stereocenters. The first-order valence-corrected chi connectivity index (χ1v) is 7.04. The van der Waals surface area contributed by atoms with Gasteiger partial charge in [0.15, 0.2) is 0 Å². The second-order valence-electron chi connectivity index (χ2n) is 4.05. The molecule has 6 heteroatoms. The Kier molecular flexibility index (Phi) is 3.82. The topological polar surface area (TPSA) is 62.9 Å². The van der Waals surface area contributed by atoms with Gasteiger partial charge in [0.1, 0.15) is 5.76 Å². The van der Waals surface area contributed by atoms with Gasteiger partial charge in [-0.15, -0.1) is 0 Å². The van der Waals surface area contributed by atoms with E-state index in [1.807, 2.05) is 0 Å². The number of hydrogen-bond acceptors (Lipinski definition) is 4. The lowest BCUT2D eigenvalue weighted by Gasteiger charge is -2.10. The first-order valence-electron chi connectivity index (χ1n) is 5.60. The second kappa shape index (κ2) is 5.38. The van der Waals surface area contributed by atoms with Crippen molar-refractivity contribution in [3.05, 3.63) is 48.4 Å². The fourth-order valence-electron chi connectivity index (χ4n) is 1.42. The molecule has 100 valence electrons. The van der Waals surface area contributed by atoms with Crippen LogP contribution in [0.15, 0.2) is 57.0 Å². The van der Waals surface area contributed by atoms with E-state index in [1.165, 1.54) is 30.5 Å². The van der Waals surface area contributed by atoms with Crippen molar-refractivity contribution < 1.29 is 12.8 Å². The number of benzene rings is 1. The number of furan rings is 1. The smallest absolute Gasteiger partial charge is 0.242 e. The van der Waals surface area contributed by atoms with Crippen molar-refractivity contribution in [3.63, 3.8) is 0 Å². The highest BCUT2D eigenvalue weighted by Gasteiger charge is 2.16. The zero-order chi connectivity index (χ0) is 13.9. The van der Waals surface area contributed by atoms with Gasteiger partial charge in [-0.05, 0) is 36.4 Å². The third kappa shape index (κ3) is 3.10. The Labute approximate surface area is 112 Å². The second-order valence-corrected chi connectivity index (χ2v) is 6.21. The standard InChI is InChI=1S/C13H14N2O3S/c1-15(2)19(16,17)13-7-5-11(6-8-13)14-10-12-4-3-9-18-12/h3-10H,1-2H3. The first kappa shape index (κ1) is 13.5. The Bertz CT molecular complexity index is 656. The molecule has 1 heterocycles. The van der Waals surface area contributed by atoms with E-state index in [0.717, 1.165) is 0 Å². The first-order chi connectivity index (χ1) is 9.00. The van der Waals surface area contributed by atoms with Crippen LogP contribution in [0.1, 0.15) is 5.76 Å². The average molecular weight is 278 g/mol. The van der Waals surface area contributed by atoms with E-state index in [-0.39, 0.29) is 4.90 Å². The Balaban J connectivity index is 2.20. The molecule has 5 nitrogen and oxygen atoms in total. The van der Waals surface area contributed by atoms with Gasteiger partial charge in [0.05, 0.1) is 23.1 Å². The fraction of sp³-hybridized carbons (Fsp3) is 0.154. The molecule has 0 aliphatic carbocycles. The van der Waals surface area contributed by atoms with Crippen molar-refractivity contribution in [2.45, 2.75) is 4.90 Å². The van der Waals surface area contributed by atoms with Crippen molar-refractivity contribution in [2.75, 3.05) is 14.1 Å². The minimum absolute atomic E-state index is 0.245. The number of hydrogen-bond donors (Lipinski definition) is 0. The van der Waals surface area contributed by atoms with Crippen LogP contribution in [-0.2, 0) is 10.0 Å². The Morgan fingerprint density at radius 1 is 1.16 bits per heavy atom. The molecular weight excluding hydrogens is 264 g/mol. The Morgan fingerprint density at radius 2 is 1.84 bits per heavy atom. The number of sulfonamides is 1. The maximum atomic E-state index is 11.9. The van der Waals surface area contributed by atoms with E-state index >= 15 is 0 Å². The Morgan fingerprint density at radius 3 is 2.37 bits per heavy atom. The molecule has 0 saturated carbocycles. The zero-order valence-electron chi connectivity index (χ0n) is 10.6. The molecule has 1 aromatic heterocycles. The van der Waals surface area contributed by atoms with Gasteiger partial charge >= 0.3 is 0 Å². The maximum absolute atomic E-state index is 11.9. The van der Waals surface area contributed by atoms with Gasteiger partial charge < -0.3 is 4.42 Å². The number of aliphatic imine (C=N–C) groups is 1. The quantitative estimate of drug-likeness (QED) is 0.806. The minimum Gasteiger partial charge on any atom is -0.463 e. The van der Waals surface area contributed by atoms with Crippen LogP contribution >= 0.6 is 0 Å². The molecule has 1 aromatic carbocycles. The van der Waals surface area contributed by atoms with E-state index in [2.05, 4.69) is 4.99 Å². The van der Waals surface area contributed by atoms with Crippen LogP contribution in [0.2, 0.25) is 0 Å². The molecule has 0 saturated heterocycles. The van der Waals surface area contributed by atoms with E-state index in [4.69, 9.17) is 4.42 Å². The molecule has 0 amide bonds. The van der Waals surface area contributed by atoms with Crippen LogP contribution in [0.5, 0.6) is 0 Å². The highest BCUT2D eigenvalue weighted by molar-refractivity contribution is 7.89. The summed E-state index contributed by atoms with van der Waals surface area (Å²) in [6.07, 6.45) is 3.14. The predicted molar refractivity (Wildman–Crippen MR) is 73.3 cm³/mol. The third-order valence-corrected chi connectivity index (χ3v) is 4.33. The summed E-state index contributed by atoms with van der Waals surface area (Å²) in [7, 11) is -0.392. The van der Waals surface area contributed by atoms with Crippen molar-refractivity contribution in [1.82, 2.24) is 4.31 Å². The lowest BCUT2D eigenvalue weighted by molar-refractivity contribution is 0.521. The van der Waals surface area contributed by atoms with Gasteiger partial charge in [-0.1, -0.05) is 0 Å². The molecular formula is C13H14N2O3S. The van der Waals surface area contributed by atoms with Crippen molar-refractivity contribution in [3.8, 4) is 0 Å². The van der Waals surface area contributed by atoms with Gasteiger partial charge in [-0.3, -0.25) is 4.99 Å². The fourth-order valence-corrected chi connectivity index (χ4v) is 2.32. The van der Waals surface area contributed by atoms with Gasteiger partial charge in [-0.2, -0.15) is 0 Å². The summed E-state index contributed by atoms with van der Waals surface area (Å²) < 4.78 is 30.0. The van der Waals surface area contributed by atoms with Crippen molar-refractivity contribution in [2.24, 2.45) is 4.99 Å². The van der Waals surface area contributed by atoms with Crippen LogP contribution in [-0.4, -0.2) is 33.0 Å². The van der Waals surface area contributed by atoms with Crippen molar-refractivity contribution >= 4 is 21.9 Å². The van der Waals surface area contributed by atoms with E-state index in [0.29, 0.717) is 11.4 Å². The molecule has 0 aliphatic heterocycles. The summed E-state index contributed by atoms with van der Waals surface area (Å²) in [5, 5.41) is 0. The maximum Gasteiger partial charge on any atom is 0.242 e. The van der Waals surface area contributed by atoms with Crippen LogP contribution in [0.25, 0.3) is 0 Å². The van der Waals surface area contributed by atoms with E-state index < -0.39 is 10.0 Å². The minimum atomic E-state index is -3.39. The average Bonchev–Trinajstić information content (AvgIpc) is 2.90. The number of rotatable bonds is 4. The molecule has 0 unspecified atom stereocenters. The predicted octanol–water partition coefficient (Wildman–Crippen LogP) is 2.28. The van der Waals surface area contributed by atoms with Gasteiger partial charge in [0, 0.05) is 14.1 Å². The van der Waals surface area contributed by atoms with Gasteiger partial charge in [-0.25, -0.2) is 12.7 Å². The van der Waals surface area contributed by atoms with Crippen LogP contribution in [0.4, 0.5) is 5.69 Å². The zero-order valence-corrected chi connectivity index (χ0v) is 11.5. The molecule has 0 N–H and O–H groups in total. The van der Waals surface area contributed by atoms with E-state index in [9.17, 15) is 8.42 Å². The third-order valence-electron chi connectivity index (χ3n) is 2.50. The molecule has 0 radical (unpaired) electrons. The van der Waals surface area contributed by atoms with Crippen molar-refractivity contribution in [1.29, 1.82) is 0 Å². The van der Waals surface area contributed by atoms with Gasteiger partial charge in [0.25, 0.3) is 0 Å². The lowest BCUT2D eigenvalue weighted by atomic mass is 10.3. The summed E-state index contributed by atoms with van der Waals surface area (Å²) in [5.74, 6) is 0.644. The summed E-state index contributed by atoms with van der Waals surface area (Å²) in [4.78, 5) is 4.43. The van der Waals surface area contributed by atoms with E-state index in [1.54, 1.807) is 36.7 Å². The number of nitrogens with zero attached hydrogens (tertiary/aromatic N) is 2. The van der Waals surface area contributed by atoms with Crippen LogP contribution in [0.3, 0.4) is 0 Å². The lowest BCUT2D eigenvalue weighted by Crippen LogP contribution is -2.21. The molecule has 19 heavy (non-hydrogen) atoms. The summed E-state index contributed by atoms with van der Waals surface area (Å²) >= 11 is 0. The van der Waals surface area contributed by atoms with Crippen LogP contribution in [0, 0.1) is 0 Å². The normalized spacial score (nSPS) is 12.4. The molecule has 0 spiro atoms. The highest BCUT2D eigenvalue weighted by atomic mass is 32.2. The summed E-state index contributed by atoms with van der Waals surface area (Å²) in [5.41, 5.74) is 0.661.